The first-order valence-corrected chi connectivity index (χ1v) is 8.26. The molecular formula is C10H15ClN2O2S2. The second-order valence-corrected chi connectivity index (χ2v) is 8.07. The van der Waals surface area contributed by atoms with Gasteiger partial charge in [-0.05, 0) is 24.7 Å². The molecule has 7 heteroatoms. The molecule has 0 spiro atoms. The van der Waals surface area contributed by atoms with Crippen LogP contribution in [0.5, 0.6) is 0 Å². The maximum atomic E-state index is 11.9. The van der Waals surface area contributed by atoms with E-state index in [-0.39, 0.29) is 14.1 Å². The van der Waals surface area contributed by atoms with Gasteiger partial charge in [0, 0.05) is 6.54 Å². The van der Waals surface area contributed by atoms with Crippen LogP contribution in [0.25, 0.3) is 0 Å². The lowest BCUT2D eigenvalue weighted by Crippen LogP contribution is -2.41. The Hall–Kier alpha value is -0.170. The fourth-order valence-corrected chi connectivity index (χ4v) is 4.51. The van der Waals surface area contributed by atoms with Gasteiger partial charge in [-0.3, -0.25) is 0 Å². The normalized spacial score (nSPS) is 18.9. The van der Waals surface area contributed by atoms with Gasteiger partial charge in [0.2, 0.25) is 0 Å². The van der Waals surface area contributed by atoms with E-state index in [1.807, 2.05) is 0 Å². The summed E-state index contributed by atoms with van der Waals surface area (Å²) in [5, 5.41) is 0. The summed E-state index contributed by atoms with van der Waals surface area (Å²) < 4.78 is 27.0. The van der Waals surface area contributed by atoms with E-state index < -0.39 is 10.0 Å². The summed E-state index contributed by atoms with van der Waals surface area (Å²) in [5.41, 5.74) is 0.168. The molecular weight excluding hydrogens is 280 g/mol. The SMILES string of the molecule is CCC1(CNS(=O)(=O)c2cnc(Cl)s2)CCC1. The number of hydrogen-bond donors (Lipinski definition) is 1. The van der Waals surface area contributed by atoms with Gasteiger partial charge in [0.25, 0.3) is 10.0 Å². The largest absolute Gasteiger partial charge is 0.251 e. The number of aromatic nitrogens is 1. The molecule has 1 saturated carbocycles. The molecule has 1 aromatic heterocycles. The lowest BCUT2D eigenvalue weighted by molar-refractivity contribution is 0.133. The summed E-state index contributed by atoms with van der Waals surface area (Å²) in [6, 6.07) is 0. The number of thiazole rings is 1. The Bertz CT molecular complexity index is 489. The summed E-state index contributed by atoms with van der Waals surface area (Å²) in [6.07, 6.45) is 5.72. The van der Waals surface area contributed by atoms with Crippen LogP contribution in [0.3, 0.4) is 0 Å². The third kappa shape index (κ3) is 2.81. The second-order valence-electron chi connectivity index (χ2n) is 4.46. The van der Waals surface area contributed by atoms with Crippen LogP contribution < -0.4 is 4.72 Å². The maximum Gasteiger partial charge on any atom is 0.251 e. The maximum absolute atomic E-state index is 11.9. The average molecular weight is 295 g/mol. The van der Waals surface area contributed by atoms with Crippen LogP contribution in [-0.2, 0) is 10.0 Å². The molecule has 96 valence electrons. The van der Waals surface area contributed by atoms with Gasteiger partial charge >= 0.3 is 0 Å². The van der Waals surface area contributed by atoms with Crippen LogP contribution in [-0.4, -0.2) is 19.9 Å². The molecule has 4 nitrogen and oxygen atoms in total. The summed E-state index contributed by atoms with van der Waals surface area (Å²) in [7, 11) is -3.44. The van der Waals surface area contributed by atoms with Gasteiger partial charge in [0.15, 0.2) is 8.68 Å². The number of sulfonamides is 1. The lowest BCUT2D eigenvalue weighted by Gasteiger charge is -2.41. The third-order valence-corrected chi connectivity index (χ3v) is 6.50. The number of hydrogen-bond acceptors (Lipinski definition) is 4. The molecule has 1 fully saturated rings. The standard InChI is InChI=1S/C10H15ClN2O2S2/c1-2-10(4-3-5-10)7-13-17(14,15)8-6-12-9(11)16-8/h6,13H,2-5,7H2,1H3. The van der Waals surface area contributed by atoms with Crippen molar-refractivity contribution in [1.29, 1.82) is 0 Å². The van der Waals surface area contributed by atoms with Crippen molar-refractivity contribution in [3.05, 3.63) is 10.7 Å². The van der Waals surface area contributed by atoms with Crippen molar-refractivity contribution in [2.75, 3.05) is 6.54 Å². The summed E-state index contributed by atoms with van der Waals surface area (Å²) in [5.74, 6) is 0. The number of nitrogens with one attached hydrogen (secondary N) is 1. The van der Waals surface area contributed by atoms with Gasteiger partial charge < -0.3 is 0 Å². The topological polar surface area (TPSA) is 59.1 Å². The minimum atomic E-state index is -3.44. The van der Waals surface area contributed by atoms with Crippen molar-refractivity contribution in [2.45, 2.75) is 36.8 Å². The Morgan fingerprint density at radius 1 is 1.59 bits per heavy atom. The van der Waals surface area contributed by atoms with Gasteiger partial charge in [-0.2, -0.15) is 0 Å². The van der Waals surface area contributed by atoms with Crippen molar-refractivity contribution in [2.24, 2.45) is 5.41 Å². The number of nitrogens with zero attached hydrogens (tertiary/aromatic N) is 1. The average Bonchev–Trinajstić information content (AvgIpc) is 2.64. The monoisotopic (exact) mass is 294 g/mol. The quantitative estimate of drug-likeness (QED) is 0.908. The van der Waals surface area contributed by atoms with E-state index in [1.165, 1.54) is 12.6 Å². The highest BCUT2D eigenvalue weighted by Gasteiger charge is 2.36. The molecule has 0 radical (unpaired) electrons. The minimum Gasteiger partial charge on any atom is -0.232 e. The van der Waals surface area contributed by atoms with E-state index in [0.29, 0.717) is 6.54 Å². The van der Waals surface area contributed by atoms with E-state index in [4.69, 9.17) is 11.6 Å². The lowest BCUT2D eigenvalue weighted by atomic mass is 9.67. The fraction of sp³-hybridized carbons (Fsp3) is 0.700. The highest BCUT2D eigenvalue weighted by Crippen LogP contribution is 2.43. The van der Waals surface area contributed by atoms with Crippen molar-refractivity contribution in [3.8, 4) is 0 Å². The fourth-order valence-electron chi connectivity index (χ4n) is 2.01. The van der Waals surface area contributed by atoms with Gasteiger partial charge in [0.1, 0.15) is 0 Å². The van der Waals surface area contributed by atoms with Gasteiger partial charge in [-0.1, -0.05) is 36.3 Å². The highest BCUT2D eigenvalue weighted by atomic mass is 35.5. The molecule has 0 aliphatic heterocycles. The number of halogens is 1. The Kier molecular flexibility index (Phi) is 3.77. The first-order chi connectivity index (χ1) is 7.97. The van der Waals surface area contributed by atoms with E-state index in [9.17, 15) is 8.42 Å². The van der Waals surface area contributed by atoms with Crippen LogP contribution in [0.1, 0.15) is 32.6 Å². The smallest absolute Gasteiger partial charge is 0.232 e. The van der Waals surface area contributed by atoms with Crippen molar-refractivity contribution in [3.63, 3.8) is 0 Å². The van der Waals surface area contributed by atoms with E-state index in [0.717, 1.165) is 30.6 Å². The first kappa shape index (κ1) is 13.3. The molecule has 1 heterocycles. The van der Waals surface area contributed by atoms with E-state index >= 15 is 0 Å². The molecule has 1 aliphatic carbocycles. The predicted octanol–water partition coefficient (Wildman–Crippen LogP) is 2.66. The predicted molar refractivity (Wildman–Crippen MR) is 68.9 cm³/mol. The molecule has 2 rings (SSSR count). The van der Waals surface area contributed by atoms with Crippen molar-refractivity contribution >= 4 is 33.0 Å². The highest BCUT2D eigenvalue weighted by molar-refractivity contribution is 7.91. The molecule has 0 amide bonds. The summed E-state index contributed by atoms with van der Waals surface area (Å²) in [6.45, 7) is 2.62. The van der Waals surface area contributed by atoms with Crippen LogP contribution in [0.2, 0.25) is 4.47 Å². The van der Waals surface area contributed by atoms with Gasteiger partial charge in [0.05, 0.1) is 6.20 Å². The molecule has 1 aromatic rings. The zero-order chi connectivity index (χ0) is 12.5. The Labute approximate surface area is 110 Å². The van der Waals surface area contributed by atoms with Crippen molar-refractivity contribution in [1.82, 2.24) is 9.71 Å². The molecule has 0 bridgehead atoms. The molecule has 0 saturated heterocycles. The molecule has 1 N–H and O–H groups in total. The van der Waals surface area contributed by atoms with Gasteiger partial charge in [-0.25, -0.2) is 18.1 Å². The van der Waals surface area contributed by atoms with E-state index in [1.54, 1.807) is 0 Å². The van der Waals surface area contributed by atoms with Gasteiger partial charge in [-0.15, -0.1) is 0 Å². The number of rotatable bonds is 5. The zero-order valence-corrected chi connectivity index (χ0v) is 12.0. The zero-order valence-electron chi connectivity index (χ0n) is 9.57. The van der Waals surface area contributed by atoms with Crippen LogP contribution >= 0.6 is 22.9 Å². The summed E-state index contributed by atoms with van der Waals surface area (Å²) >= 11 is 6.62. The molecule has 0 unspecified atom stereocenters. The molecule has 1 aliphatic rings. The molecule has 0 aromatic carbocycles. The Morgan fingerprint density at radius 2 is 2.29 bits per heavy atom. The minimum absolute atomic E-state index is 0.168. The second kappa shape index (κ2) is 4.84. The van der Waals surface area contributed by atoms with Crippen LogP contribution in [0.15, 0.2) is 10.4 Å². The Morgan fingerprint density at radius 3 is 2.71 bits per heavy atom. The third-order valence-electron chi connectivity index (χ3n) is 3.52. The molecule has 0 atom stereocenters. The first-order valence-electron chi connectivity index (χ1n) is 5.58. The van der Waals surface area contributed by atoms with Crippen LogP contribution in [0, 0.1) is 5.41 Å². The van der Waals surface area contributed by atoms with Crippen LogP contribution in [0.4, 0.5) is 0 Å². The molecule has 17 heavy (non-hydrogen) atoms. The Balaban J connectivity index is 2.03. The van der Waals surface area contributed by atoms with Crippen molar-refractivity contribution < 1.29 is 8.42 Å². The van der Waals surface area contributed by atoms with E-state index in [2.05, 4.69) is 16.6 Å². The summed E-state index contributed by atoms with van der Waals surface area (Å²) in [4.78, 5) is 3.75.